The second-order valence-electron chi connectivity index (χ2n) is 15.7. The van der Waals surface area contributed by atoms with Gasteiger partial charge in [0.2, 0.25) is 0 Å². The molecular weight excluding hydrogens is 751 g/mol. The molecule has 0 saturated carbocycles. The Hall–Kier alpha value is -7.47. The fourth-order valence-electron chi connectivity index (χ4n) is 9.92. The van der Waals surface area contributed by atoms with E-state index in [2.05, 4.69) is 174 Å². The Morgan fingerprint density at radius 3 is 2.12 bits per heavy atom. The van der Waals surface area contributed by atoms with E-state index in [1.807, 2.05) is 42.2 Å². The molecule has 5 heterocycles. The van der Waals surface area contributed by atoms with Gasteiger partial charge in [0.15, 0.2) is 0 Å². The second-order valence-corrected chi connectivity index (χ2v) is 16.8. The molecule has 0 bridgehead atoms. The average Bonchev–Trinajstić information content (AvgIpc) is 3.80. The van der Waals surface area contributed by atoms with E-state index in [1.54, 1.807) is 0 Å². The maximum absolute atomic E-state index is 6.65. The number of fused-ring (bicyclic) bond motifs is 14. The van der Waals surface area contributed by atoms with Crippen LogP contribution in [0.1, 0.15) is 33.4 Å². The minimum atomic E-state index is -0.638. The van der Waals surface area contributed by atoms with Gasteiger partial charge >= 0.3 is 0 Å². The third-order valence-electron chi connectivity index (χ3n) is 12.5. The van der Waals surface area contributed by atoms with Gasteiger partial charge < -0.3 is 4.42 Å². The van der Waals surface area contributed by atoms with Crippen LogP contribution in [-0.2, 0) is 5.41 Å². The average molecular weight is 784 g/mol. The fraction of sp³-hybridized carbons (Fsp3) is 0.0182. The molecule has 11 aromatic rings. The summed E-state index contributed by atoms with van der Waals surface area (Å²) in [5.74, 6) is 0.864. The molecular formula is C55H33N3OS. The highest BCUT2D eigenvalue weighted by Crippen LogP contribution is 2.59. The first-order chi connectivity index (χ1) is 29.7. The molecule has 0 amide bonds. The van der Waals surface area contributed by atoms with E-state index < -0.39 is 5.41 Å². The van der Waals surface area contributed by atoms with E-state index in [4.69, 9.17) is 14.4 Å². The lowest BCUT2D eigenvalue weighted by molar-refractivity contribution is 0.659. The number of rotatable bonds is 3. The van der Waals surface area contributed by atoms with E-state index in [0.29, 0.717) is 0 Å². The quantitative estimate of drug-likeness (QED) is 0.179. The molecule has 1 spiro atoms. The molecule has 13 rings (SSSR count). The fourth-order valence-corrected chi connectivity index (χ4v) is 11.1. The van der Waals surface area contributed by atoms with Crippen LogP contribution >= 0.6 is 11.8 Å². The van der Waals surface area contributed by atoms with Crippen LogP contribution in [0.15, 0.2) is 202 Å². The molecule has 280 valence electrons. The van der Waals surface area contributed by atoms with Crippen LogP contribution in [0.4, 0.5) is 0 Å². The molecule has 1 unspecified atom stereocenters. The summed E-state index contributed by atoms with van der Waals surface area (Å²) < 4.78 is 8.88. The van der Waals surface area contributed by atoms with Gasteiger partial charge in [-0.2, -0.15) is 0 Å². The summed E-state index contributed by atoms with van der Waals surface area (Å²) in [7, 11) is 0. The number of benzene rings is 7. The number of hydrogen-bond acceptors (Lipinski definition) is 4. The molecule has 5 heteroatoms. The van der Waals surface area contributed by atoms with Crippen LogP contribution in [0.3, 0.4) is 0 Å². The zero-order valence-electron chi connectivity index (χ0n) is 32.2. The van der Waals surface area contributed by atoms with Crippen molar-refractivity contribution < 1.29 is 4.42 Å². The number of aromatic nitrogens is 3. The van der Waals surface area contributed by atoms with Crippen molar-refractivity contribution in [3.05, 3.63) is 222 Å². The van der Waals surface area contributed by atoms with Gasteiger partial charge in [-0.3, -0.25) is 4.57 Å². The Bertz CT molecular complexity index is 3580. The van der Waals surface area contributed by atoms with E-state index >= 15 is 0 Å². The van der Waals surface area contributed by atoms with Gasteiger partial charge in [-0.25, -0.2) is 9.97 Å². The Labute approximate surface area is 350 Å². The van der Waals surface area contributed by atoms with Crippen LogP contribution in [0, 0.1) is 0 Å². The zero-order chi connectivity index (χ0) is 39.4. The molecule has 4 aromatic heterocycles. The summed E-state index contributed by atoms with van der Waals surface area (Å²) in [5, 5.41) is 3.36. The molecule has 0 saturated heterocycles. The number of pyridine rings is 2. The molecule has 7 aromatic carbocycles. The van der Waals surface area contributed by atoms with Crippen molar-refractivity contribution >= 4 is 67.8 Å². The second kappa shape index (κ2) is 12.8. The van der Waals surface area contributed by atoms with Crippen molar-refractivity contribution in [2.45, 2.75) is 15.2 Å². The maximum atomic E-state index is 6.65. The Morgan fingerprint density at radius 1 is 0.467 bits per heavy atom. The van der Waals surface area contributed by atoms with Crippen LogP contribution in [0.2, 0.25) is 0 Å². The maximum Gasteiger partial charge on any atom is 0.137 e. The largest absolute Gasteiger partial charge is 0.456 e. The van der Waals surface area contributed by atoms with Gasteiger partial charge in [0.25, 0.3) is 0 Å². The molecule has 4 nitrogen and oxygen atoms in total. The predicted molar refractivity (Wildman–Crippen MR) is 246 cm³/mol. The summed E-state index contributed by atoms with van der Waals surface area (Å²) >= 11 is 1.86. The van der Waals surface area contributed by atoms with E-state index in [1.165, 1.54) is 43.2 Å². The van der Waals surface area contributed by atoms with Crippen LogP contribution in [0.25, 0.3) is 84.2 Å². The summed E-state index contributed by atoms with van der Waals surface area (Å²) in [6, 6.07) is 65.6. The molecule has 0 fully saturated rings. The summed E-state index contributed by atoms with van der Waals surface area (Å²) in [6.07, 6.45) is 6.45. The zero-order valence-corrected chi connectivity index (χ0v) is 33.0. The lowest BCUT2D eigenvalue weighted by Gasteiger charge is -2.43. The third-order valence-corrected chi connectivity index (χ3v) is 13.7. The highest BCUT2D eigenvalue weighted by atomic mass is 32.2. The minimum Gasteiger partial charge on any atom is -0.456 e. The first kappa shape index (κ1) is 33.5. The SMILES string of the molecule is C1=Cc2ccc(-c3ccc4c(c3)c3nc(-c5ccccc5)ccc3n4-c3ccccn3)cc2C2(c3ccccc31)c1ccccc1Sc1cc3c(cc12)oc1ccccc13. The Balaban J connectivity index is 1.09. The summed E-state index contributed by atoms with van der Waals surface area (Å²) in [6.45, 7) is 0. The molecule has 0 radical (unpaired) electrons. The highest BCUT2D eigenvalue weighted by molar-refractivity contribution is 7.99. The van der Waals surface area contributed by atoms with Crippen LogP contribution < -0.4 is 0 Å². The van der Waals surface area contributed by atoms with Crippen LogP contribution in [0.5, 0.6) is 0 Å². The molecule has 1 atom stereocenters. The van der Waals surface area contributed by atoms with Crippen molar-refractivity contribution in [2.75, 3.05) is 0 Å². The van der Waals surface area contributed by atoms with Crippen molar-refractivity contribution in [1.82, 2.24) is 14.5 Å². The van der Waals surface area contributed by atoms with Gasteiger partial charge in [-0.15, -0.1) is 0 Å². The Kier molecular flexibility index (Phi) is 7.13. The highest BCUT2D eigenvalue weighted by Gasteiger charge is 2.47. The number of furan rings is 1. The van der Waals surface area contributed by atoms with Gasteiger partial charge in [-0.1, -0.05) is 139 Å². The first-order valence-corrected chi connectivity index (χ1v) is 21.1. The normalized spacial score (nSPS) is 15.3. The molecule has 0 N–H and O–H groups in total. The predicted octanol–water partition coefficient (Wildman–Crippen LogP) is 14.1. The standard InChI is InChI=1S/C55H33N3OS/c1-2-13-36(14-3-1)46-26-28-48-54(57-46)41-30-37(25-27-47(41)58(48)53-20-10-11-29-56-53)38-24-23-35-22-21-34-12-4-6-16-42(34)55(44(35)31-38)43-17-7-9-19-51(43)60-52-32-40-39-15-5-8-18-49(39)59-50(40)33-45(52)55/h1-33H. The van der Waals surface area contributed by atoms with E-state index in [9.17, 15) is 0 Å². The van der Waals surface area contributed by atoms with Crippen molar-refractivity contribution in [3.8, 4) is 28.2 Å². The minimum absolute atomic E-state index is 0.638. The van der Waals surface area contributed by atoms with Gasteiger partial charge in [0.05, 0.1) is 27.7 Å². The first-order valence-electron chi connectivity index (χ1n) is 20.3. The summed E-state index contributed by atoms with van der Waals surface area (Å²) in [5.41, 5.74) is 15.9. The van der Waals surface area contributed by atoms with Crippen molar-refractivity contribution in [3.63, 3.8) is 0 Å². The van der Waals surface area contributed by atoms with Crippen LogP contribution in [-0.4, -0.2) is 14.5 Å². The molecule has 2 aliphatic rings. The van der Waals surface area contributed by atoms with Gasteiger partial charge in [0, 0.05) is 37.7 Å². The molecule has 1 aliphatic heterocycles. The molecule has 1 aliphatic carbocycles. The molecule has 60 heavy (non-hydrogen) atoms. The number of hydrogen-bond donors (Lipinski definition) is 0. The summed E-state index contributed by atoms with van der Waals surface area (Å²) in [4.78, 5) is 12.6. The Morgan fingerprint density at radius 2 is 1.22 bits per heavy atom. The topological polar surface area (TPSA) is 43.9 Å². The van der Waals surface area contributed by atoms with Crippen molar-refractivity contribution in [1.29, 1.82) is 0 Å². The monoisotopic (exact) mass is 783 g/mol. The number of nitrogens with zero attached hydrogens (tertiary/aromatic N) is 3. The lowest BCUT2D eigenvalue weighted by atomic mass is 9.63. The smallest absolute Gasteiger partial charge is 0.137 e. The van der Waals surface area contributed by atoms with Gasteiger partial charge in [-0.05, 0) is 111 Å². The third kappa shape index (κ3) is 4.75. The number of para-hydroxylation sites is 1. The lowest BCUT2D eigenvalue weighted by Crippen LogP contribution is -2.35. The van der Waals surface area contributed by atoms with E-state index in [-0.39, 0.29) is 0 Å². The van der Waals surface area contributed by atoms with E-state index in [0.717, 1.165) is 72.1 Å². The van der Waals surface area contributed by atoms with Crippen molar-refractivity contribution in [2.24, 2.45) is 0 Å². The van der Waals surface area contributed by atoms with Gasteiger partial charge in [0.1, 0.15) is 17.0 Å².